The van der Waals surface area contributed by atoms with Gasteiger partial charge in [0, 0.05) is 10.0 Å². The molecule has 4 heteroatoms. The molecule has 1 atom stereocenters. The molecule has 1 N–H and O–H groups in total. The Labute approximate surface area is 191 Å². The minimum absolute atomic E-state index is 0.483. The lowest BCUT2D eigenvalue weighted by Gasteiger charge is -2.09. The highest BCUT2D eigenvalue weighted by atomic mass is 79.9. The molecule has 0 amide bonds. The van der Waals surface area contributed by atoms with Crippen LogP contribution in [0.15, 0.2) is 93.9 Å². The lowest BCUT2D eigenvalue weighted by Crippen LogP contribution is -1.98. The van der Waals surface area contributed by atoms with Crippen molar-refractivity contribution in [2.24, 2.45) is 0 Å². The monoisotopic (exact) mass is 473 g/mol. The molecule has 0 saturated carbocycles. The van der Waals surface area contributed by atoms with Crippen LogP contribution in [0, 0.1) is 6.92 Å². The Bertz CT molecular complexity index is 1150. The third kappa shape index (κ3) is 5.40. The summed E-state index contributed by atoms with van der Waals surface area (Å²) in [6, 6.07) is 26.8. The van der Waals surface area contributed by atoms with Crippen molar-refractivity contribution in [1.29, 1.82) is 0 Å². The van der Waals surface area contributed by atoms with Crippen LogP contribution in [0.2, 0.25) is 0 Å². The fraction of sp³-hybridized carbons (Fsp3) is 0.148. The number of rotatable bonds is 7. The number of nitrogens with zero attached hydrogens (tertiary/aromatic N) is 1. The molecule has 0 saturated heterocycles. The molecule has 0 fully saturated rings. The normalized spacial score (nSPS) is 12.4. The van der Waals surface area contributed by atoms with E-state index in [-0.39, 0.29) is 0 Å². The Morgan fingerprint density at radius 3 is 2.32 bits per heavy atom. The fourth-order valence-electron chi connectivity index (χ4n) is 3.61. The minimum atomic E-state index is -0.682. The van der Waals surface area contributed by atoms with E-state index in [0.29, 0.717) is 17.9 Å². The standard InChI is InChI=1S/C27H24BrNO2/c1-19-26(27(31-29-19)23-14-16-24(28)17-15-23)25(30)9-5-8-20-10-12-22(13-11-20)18-21-6-3-2-4-7-21/h2-8,10-17,25,30H,9,18H2,1H3/b8-5+. The van der Waals surface area contributed by atoms with Crippen molar-refractivity contribution in [3.05, 3.63) is 117 Å². The van der Waals surface area contributed by atoms with Gasteiger partial charge in [-0.3, -0.25) is 0 Å². The second kappa shape index (κ2) is 9.90. The first-order chi connectivity index (χ1) is 15.1. The number of aliphatic hydroxyl groups is 1. The Balaban J connectivity index is 1.41. The molecule has 156 valence electrons. The molecule has 0 aliphatic heterocycles. The van der Waals surface area contributed by atoms with E-state index in [2.05, 4.69) is 69.6 Å². The predicted molar refractivity (Wildman–Crippen MR) is 129 cm³/mol. The van der Waals surface area contributed by atoms with Crippen molar-refractivity contribution in [1.82, 2.24) is 5.16 Å². The van der Waals surface area contributed by atoms with Crippen molar-refractivity contribution >= 4 is 22.0 Å². The summed E-state index contributed by atoms with van der Waals surface area (Å²) in [5, 5.41) is 14.9. The van der Waals surface area contributed by atoms with E-state index in [4.69, 9.17) is 4.52 Å². The van der Waals surface area contributed by atoms with Gasteiger partial charge in [0.15, 0.2) is 5.76 Å². The summed E-state index contributed by atoms with van der Waals surface area (Å²) in [5.41, 5.74) is 6.05. The number of aliphatic hydroxyl groups excluding tert-OH is 1. The van der Waals surface area contributed by atoms with E-state index >= 15 is 0 Å². The Hall–Kier alpha value is -2.95. The maximum atomic E-state index is 10.8. The zero-order valence-corrected chi connectivity index (χ0v) is 18.9. The van der Waals surface area contributed by atoms with Gasteiger partial charge in [-0.15, -0.1) is 0 Å². The number of benzene rings is 3. The van der Waals surface area contributed by atoms with Gasteiger partial charge in [0.1, 0.15) is 0 Å². The second-order valence-electron chi connectivity index (χ2n) is 7.58. The average molecular weight is 474 g/mol. The van der Waals surface area contributed by atoms with Crippen LogP contribution in [-0.4, -0.2) is 10.3 Å². The summed E-state index contributed by atoms with van der Waals surface area (Å²) >= 11 is 3.44. The van der Waals surface area contributed by atoms with Gasteiger partial charge in [-0.2, -0.15) is 0 Å². The molecule has 0 aliphatic rings. The first kappa shape index (κ1) is 21.3. The van der Waals surface area contributed by atoms with Gasteiger partial charge in [-0.1, -0.05) is 100.0 Å². The molecular weight excluding hydrogens is 450 g/mol. The molecule has 0 spiro atoms. The highest BCUT2D eigenvalue weighted by Crippen LogP contribution is 2.33. The van der Waals surface area contributed by atoms with Crippen molar-refractivity contribution in [3.8, 4) is 11.3 Å². The summed E-state index contributed by atoms with van der Waals surface area (Å²) in [7, 11) is 0. The molecule has 1 heterocycles. The topological polar surface area (TPSA) is 46.3 Å². The van der Waals surface area contributed by atoms with Crippen molar-refractivity contribution in [3.63, 3.8) is 0 Å². The van der Waals surface area contributed by atoms with Gasteiger partial charge in [-0.05, 0) is 48.6 Å². The summed E-state index contributed by atoms with van der Waals surface area (Å²) in [6.07, 6.45) is 4.76. The van der Waals surface area contributed by atoms with E-state index < -0.39 is 6.10 Å². The van der Waals surface area contributed by atoms with Gasteiger partial charge in [0.2, 0.25) is 0 Å². The van der Waals surface area contributed by atoms with E-state index in [1.807, 2.05) is 49.4 Å². The molecule has 4 aromatic rings. The third-order valence-electron chi connectivity index (χ3n) is 5.25. The van der Waals surface area contributed by atoms with Crippen molar-refractivity contribution in [2.75, 3.05) is 0 Å². The van der Waals surface area contributed by atoms with Crippen LogP contribution < -0.4 is 0 Å². The molecular formula is C27H24BrNO2. The van der Waals surface area contributed by atoms with Gasteiger partial charge in [-0.25, -0.2) is 0 Å². The van der Waals surface area contributed by atoms with Crippen LogP contribution in [0.4, 0.5) is 0 Å². The van der Waals surface area contributed by atoms with Crippen molar-refractivity contribution in [2.45, 2.75) is 25.9 Å². The number of aryl methyl sites for hydroxylation is 1. The van der Waals surface area contributed by atoms with E-state index in [1.54, 1.807) is 0 Å². The summed E-state index contributed by atoms with van der Waals surface area (Å²) < 4.78 is 6.51. The van der Waals surface area contributed by atoms with Gasteiger partial charge in [0.25, 0.3) is 0 Å². The highest BCUT2D eigenvalue weighted by molar-refractivity contribution is 9.10. The second-order valence-corrected chi connectivity index (χ2v) is 8.49. The van der Waals surface area contributed by atoms with E-state index in [9.17, 15) is 5.11 Å². The number of hydrogen-bond donors (Lipinski definition) is 1. The molecule has 0 bridgehead atoms. The first-order valence-corrected chi connectivity index (χ1v) is 11.1. The largest absolute Gasteiger partial charge is 0.388 e. The number of hydrogen-bond acceptors (Lipinski definition) is 3. The Kier molecular flexibility index (Phi) is 6.80. The van der Waals surface area contributed by atoms with Crippen molar-refractivity contribution < 1.29 is 9.63 Å². The van der Waals surface area contributed by atoms with Gasteiger partial charge < -0.3 is 9.63 Å². The zero-order valence-electron chi connectivity index (χ0n) is 17.3. The maximum absolute atomic E-state index is 10.8. The van der Waals surface area contributed by atoms with Gasteiger partial charge >= 0.3 is 0 Å². The Morgan fingerprint density at radius 2 is 1.61 bits per heavy atom. The van der Waals surface area contributed by atoms with Crippen LogP contribution >= 0.6 is 15.9 Å². The van der Waals surface area contributed by atoms with Crippen LogP contribution in [-0.2, 0) is 6.42 Å². The fourth-order valence-corrected chi connectivity index (χ4v) is 3.87. The minimum Gasteiger partial charge on any atom is -0.388 e. The number of aromatic nitrogens is 1. The van der Waals surface area contributed by atoms with E-state index in [1.165, 1.54) is 11.1 Å². The molecule has 0 radical (unpaired) electrons. The molecule has 3 nitrogen and oxygen atoms in total. The van der Waals surface area contributed by atoms with Crippen LogP contribution in [0.1, 0.15) is 40.5 Å². The Morgan fingerprint density at radius 1 is 0.935 bits per heavy atom. The van der Waals surface area contributed by atoms with Crippen LogP contribution in [0.5, 0.6) is 0 Å². The van der Waals surface area contributed by atoms with Crippen LogP contribution in [0.3, 0.4) is 0 Å². The first-order valence-electron chi connectivity index (χ1n) is 10.3. The number of halogens is 1. The third-order valence-corrected chi connectivity index (χ3v) is 5.78. The SMILES string of the molecule is Cc1noc(-c2ccc(Br)cc2)c1C(O)C/C=C/c1ccc(Cc2ccccc2)cc1. The molecule has 1 aromatic heterocycles. The summed E-state index contributed by atoms with van der Waals surface area (Å²) in [4.78, 5) is 0. The smallest absolute Gasteiger partial charge is 0.172 e. The zero-order chi connectivity index (χ0) is 21.6. The molecule has 4 rings (SSSR count). The maximum Gasteiger partial charge on any atom is 0.172 e. The predicted octanol–water partition coefficient (Wildman–Crippen LogP) is 7.14. The summed E-state index contributed by atoms with van der Waals surface area (Å²) in [6.45, 7) is 1.86. The quantitative estimate of drug-likeness (QED) is 0.310. The van der Waals surface area contributed by atoms with E-state index in [0.717, 1.165) is 27.6 Å². The molecule has 1 unspecified atom stereocenters. The highest BCUT2D eigenvalue weighted by Gasteiger charge is 2.21. The molecule has 0 aliphatic carbocycles. The van der Waals surface area contributed by atoms with Crippen LogP contribution in [0.25, 0.3) is 17.4 Å². The molecule has 3 aromatic carbocycles. The van der Waals surface area contributed by atoms with Gasteiger partial charge in [0.05, 0.1) is 17.4 Å². The summed E-state index contributed by atoms with van der Waals surface area (Å²) in [5.74, 6) is 0.621. The average Bonchev–Trinajstić information content (AvgIpc) is 3.17. The lowest BCUT2D eigenvalue weighted by molar-refractivity contribution is 0.181. The lowest BCUT2D eigenvalue weighted by atomic mass is 9.99. The molecule has 31 heavy (non-hydrogen) atoms.